The molecule has 0 radical (unpaired) electrons. The summed E-state index contributed by atoms with van der Waals surface area (Å²) in [5.41, 5.74) is 0.222. The summed E-state index contributed by atoms with van der Waals surface area (Å²) in [6.07, 6.45) is 0. The van der Waals surface area contributed by atoms with E-state index >= 15 is 0 Å². The van der Waals surface area contributed by atoms with E-state index in [0.29, 0.717) is 0 Å². The van der Waals surface area contributed by atoms with Gasteiger partial charge in [0.1, 0.15) is 11.5 Å². The highest BCUT2D eigenvalue weighted by Crippen LogP contribution is 2.64. The molecule has 22 heavy (non-hydrogen) atoms. The molecular formula is C17H17O2PS2. The third kappa shape index (κ3) is 3.10. The lowest BCUT2D eigenvalue weighted by Gasteiger charge is -2.30. The standard InChI is InChI=1S/C17H17O2PS2/c1-13-12-22-20(21,16-10-8-15(18-2)9-11-16)19-17(13)14-6-4-3-5-7-14/h3-11H,12H2,1-2H3. The second-order valence-electron chi connectivity index (χ2n) is 5.04. The summed E-state index contributed by atoms with van der Waals surface area (Å²) in [6.45, 7) is 2.11. The molecule has 0 saturated heterocycles. The van der Waals surface area contributed by atoms with Crippen LogP contribution in [0, 0.1) is 0 Å². The minimum absolute atomic E-state index is 0.836. The van der Waals surface area contributed by atoms with Gasteiger partial charge in [-0.1, -0.05) is 41.7 Å². The number of methoxy groups -OCH3 is 1. The van der Waals surface area contributed by atoms with Crippen molar-refractivity contribution in [3.05, 3.63) is 65.7 Å². The van der Waals surface area contributed by atoms with E-state index in [0.717, 1.165) is 28.1 Å². The second kappa shape index (κ2) is 6.49. The maximum absolute atomic E-state index is 6.36. The molecule has 5 heteroatoms. The maximum Gasteiger partial charge on any atom is 0.196 e. The van der Waals surface area contributed by atoms with Crippen LogP contribution in [-0.4, -0.2) is 12.9 Å². The fourth-order valence-corrected chi connectivity index (χ4v) is 7.42. The first kappa shape index (κ1) is 15.7. The van der Waals surface area contributed by atoms with E-state index in [1.807, 2.05) is 42.5 Å². The van der Waals surface area contributed by atoms with Crippen LogP contribution in [0.25, 0.3) is 5.76 Å². The highest BCUT2D eigenvalue weighted by atomic mass is 32.9. The number of ether oxygens (including phenoxy) is 1. The van der Waals surface area contributed by atoms with Crippen LogP contribution < -0.4 is 10.0 Å². The lowest BCUT2D eigenvalue weighted by atomic mass is 10.1. The first-order valence-corrected chi connectivity index (χ1v) is 11.3. The van der Waals surface area contributed by atoms with Gasteiger partial charge in [-0.15, -0.1) is 0 Å². The van der Waals surface area contributed by atoms with Gasteiger partial charge in [0.25, 0.3) is 0 Å². The third-order valence-corrected chi connectivity index (χ3v) is 9.80. The fraction of sp³-hybridized carbons (Fsp3) is 0.176. The zero-order valence-corrected chi connectivity index (χ0v) is 15.0. The highest BCUT2D eigenvalue weighted by molar-refractivity contribution is 8.71. The van der Waals surface area contributed by atoms with Gasteiger partial charge in [-0.05, 0) is 48.6 Å². The molecule has 0 bridgehead atoms. The number of hydrogen-bond donors (Lipinski definition) is 0. The monoisotopic (exact) mass is 348 g/mol. The summed E-state index contributed by atoms with van der Waals surface area (Å²) in [5.74, 6) is 2.69. The molecule has 2 aromatic rings. The van der Waals surface area contributed by atoms with Crippen LogP contribution in [0.1, 0.15) is 12.5 Å². The average Bonchev–Trinajstić information content (AvgIpc) is 2.58. The molecular weight excluding hydrogens is 331 g/mol. The van der Waals surface area contributed by atoms with Crippen molar-refractivity contribution in [2.75, 3.05) is 12.9 Å². The van der Waals surface area contributed by atoms with Crippen LogP contribution in [0.4, 0.5) is 0 Å². The van der Waals surface area contributed by atoms with Crippen molar-refractivity contribution in [2.24, 2.45) is 0 Å². The summed E-state index contributed by atoms with van der Waals surface area (Å²) in [6, 6.07) is 18.1. The predicted octanol–water partition coefficient (Wildman–Crippen LogP) is 4.82. The molecule has 1 aliphatic heterocycles. The van der Waals surface area contributed by atoms with Crippen molar-refractivity contribution < 1.29 is 9.26 Å². The van der Waals surface area contributed by atoms with Crippen LogP contribution in [0.15, 0.2) is 60.2 Å². The van der Waals surface area contributed by atoms with E-state index in [1.54, 1.807) is 18.5 Å². The van der Waals surface area contributed by atoms with E-state index in [-0.39, 0.29) is 0 Å². The molecule has 1 heterocycles. The first-order valence-electron chi connectivity index (χ1n) is 6.96. The van der Waals surface area contributed by atoms with Gasteiger partial charge >= 0.3 is 0 Å². The number of benzene rings is 2. The molecule has 0 amide bonds. The lowest BCUT2D eigenvalue weighted by Crippen LogP contribution is -2.10. The Morgan fingerprint density at radius 3 is 2.41 bits per heavy atom. The van der Waals surface area contributed by atoms with Gasteiger partial charge in [0.05, 0.1) is 7.11 Å². The van der Waals surface area contributed by atoms with Gasteiger partial charge in [-0.3, -0.25) is 0 Å². The first-order chi connectivity index (χ1) is 10.6. The van der Waals surface area contributed by atoms with E-state index < -0.39 is 5.47 Å². The van der Waals surface area contributed by atoms with Crippen LogP contribution in [0.3, 0.4) is 0 Å². The number of rotatable bonds is 3. The Hall–Kier alpha value is -1.22. The molecule has 0 aromatic heterocycles. The summed E-state index contributed by atoms with van der Waals surface area (Å²) in [7, 11) is 1.67. The van der Waals surface area contributed by atoms with Crippen molar-refractivity contribution in [2.45, 2.75) is 6.92 Å². The summed E-state index contributed by atoms with van der Waals surface area (Å²) < 4.78 is 11.6. The third-order valence-electron chi connectivity index (χ3n) is 3.47. The van der Waals surface area contributed by atoms with Crippen molar-refractivity contribution in [3.63, 3.8) is 0 Å². The van der Waals surface area contributed by atoms with Gasteiger partial charge < -0.3 is 9.26 Å². The SMILES string of the molecule is COc1ccc(P2(=S)OC(c3ccccc3)=C(C)CS2)cc1. The quantitative estimate of drug-likeness (QED) is 0.740. The van der Waals surface area contributed by atoms with Gasteiger partial charge in [0.15, 0.2) is 5.47 Å². The molecule has 3 rings (SSSR count). The smallest absolute Gasteiger partial charge is 0.196 e. The molecule has 0 N–H and O–H groups in total. The highest BCUT2D eigenvalue weighted by Gasteiger charge is 2.30. The summed E-state index contributed by atoms with van der Waals surface area (Å²) in [4.78, 5) is 0. The molecule has 0 saturated carbocycles. The molecule has 2 aromatic carbocycles. The van der Waals surface area contributed by atoms with Crippen molar-refractivity contribution >= 4 is 39.7 Å². The van der Waals surface area contributed by atoms with Crippen LogP contribution in [0.2, 0.25) is 0 Å². The van der Waals surface area contributed by atoms with Crippen molar-refractivity contribution in [3.8, 4) is 5.75 Å². The van der Waals surface area contributed by atoms with Crippen molar-refractivity contribution in [1.29, 1.82) is 0 Å². The van der Waals surface area contributed by atoms with E-state index in [2.05, 4.69) is 19.1 Å². The topological polar surface area (TPSA) is 18.5 Å². The largest absolute Gasteiger partial charge is 0.497 e. The zero-order chi connectivity index (χ0) is 15.6. The number of hydrogen-bond acceptors (Lipinski definition) is 4. The Bertz CT molecular complexity index is 739. The Kier molecular flexibility index (Phi) is 4.62. The Balaban J connectivity index is 1.95. The van der Waals surface area contributed by atoms with Gasteiger partial charge in [-0.2, -0.15) is 0 Å². The van der Waals surface area contributed by atoms with E-state index in [4.69, 9.17) is 21.1 Å². The van der Waals surface area contributed by atoms with Gasteiger partial charge in [0, 0.05) is 16.6 Å². The van der Waals surface area contributed by atoms with E-state index in [1.165, 1.54) is 5.57 Å². The average molecular weight is 348 g/mol. The molecule has 1 atom stereocenters. The van der Waals surface area contributed by atoms with Crippen molar-refractivity contribution in [1.82, 2.24) is 0 Å². The van der Waals surface area contributed by atoms with Crippen LogP contribution in [0.5, 0.6) is 5.75 Å². The van der Waals surface area contributed by atoms with E-state index in [9.17, 15) is 0 Å². The molecule has 1 aliphatic rings. The van der Waals surface area contributed by atoms with Crippen LogP contribution in [-0.2, 0) is 16.3 Å². The Labute approximate surface area is 140 Å². The van der Waals surface area contributed by atoms with Crippen LogP contribution >= 0.6 is 16.8 Å². The molecule has 0 aliphatic carbocycles. The maximum atomic E-state index is 6.36. The Morgan fingerprint density at radius 2 is 1.77 bits per heavy atom. The molecule has 0 spiro atoms. The molecule has 2 nitrogen and oxygen atoms in total. The zero-order valence-electron chi connectivity index (χ0n) is 12.5. The molecule has 1 unspecified atom stereocenters. The normalized spacial score (nSPS) is 21.4. The second-order valence-corrected chi connectivity index (χ2v) is 11.8. The summed E-state index contributed by atoms with van der Waals surface area (Å²) >= 11 is 7.65. The lowest BCUT2D eigenvalue weighted by molar-refractivity contribution is 0.415. The molecule has 0 fully saturated rings. The minimum Gasteiger partial charge on any atom is -0.497 e. The Morgan fingerprint density at radius 1 is 1.09 bits per heavy atom. The minimum atomic E-state index is -2.12. The summed E-state index contributed by atoms with van der Waals surface area (Å²) in [5, 5.41) is 1.08. The predicted molar refractivity (Wildman–Crippen MR) is 99.5 cm³/mol. The van der Waals surface area contributed by atoms with Gasteiger partial charge in [0.2, 0.25) is 0 Å². The molecule has 114 valence electrons. The fourth-order valence-electron chi connectivity index (χ4n) is 2.25. The van der Waals surface area contributed by atoms with Gasteiger partial charge in [-0.25, -0.2) is 0 Å².